The molecule has 53 heavy (non-hydrogen) atoms. The molecule has 1 heterocycles. The Morgan fingerprint density at radius 1 is 0.943 bits per heavy atom. The van der Waals surface area contributed by atoms with Crippen LogP contribution in [-0.2, 0) is 24.5 Å². The zero-order valence-electron chi connectivity index (χ0n) is 32.8. The third kappa shape index (κ3) is 5.52. The number of aliphatic carboxylic acids is 1. The maximum atomic E-state index is 14.2. The predicted octanol–water partition coefficient (Wildman–Crippen LogP) is 10.7. The van der Waals surface area contributed by atoms with E-state index in [1.807, 2.05) is 0 Å². The number of halogens is 2. The van der Waals surface area contributed by atoms with Crippen LogP contribution in [0.2, 0.25) is 10.0 Å². The number of benzene rings is 1. The van der Waals surface area contributed by atoms with Crippen molar-refractivity contribution in [2.75, 3.05) is 0 Å². The molecule has 2 aromatic rings. The first-order valence-corrected chi connectivity index (χ1v) is 20.4. The molecule has 4 saturated carbocycles. The minimum atomic E-state index is -1.17. The Kier molecular flexibility index (Phi) is 9.21. The lowest BCUT2D eigenvalue weighted by molar-refractivity contribution is -0.232. The Morgan fingerprint density at radius 2 is 1.62 bits per heavy atom. The number of hydrogen-bond donors (Lipinski definition) is 1. The summed E-state index contributed by atoms with van der Waals surface area (Å²) in [5.74, 6) is 0.616. The van der Waals surface area contributed by atoms with Gasteiger partial charge < -0.3 is 14.3 Å². The Labute approximate surface area is 324 Å². The number of Topliss-reactive ketones (excluding diaryl/α,β-unsaturated/α-hetero) is 1. The third-order valence-electron chi connectivity index (χ3n) is 15.8. The molecule has 0 spiro atoms. The van der Waals surface area contributed by atoms with E-state index in [0.717, 1.165) is 56.9 Å². The lowest BCUT2D eigenvalue weighted by Crippen LogP contribution is -2.66. The molecule has 1 aromatic carbocycles. The fraction of sp³-hybridized carbons (Fsp3) is 0.698. The van der Waals surface area contributed by atoms with E-state index in [1.54, 1.807) is 32.0 Å². The largest absolute Gasteiger partial charge is 0.481 e. The second-order valence-electron chi connectivity index (χ2n) is 19.5. The highest BCUT2D eigenvalue weighted by molar-refractivity contribution is 6.38. The zero-order chi connectivity index (χ0) is 38.7. The van der Waals surface area contributed by atoms with Gasteiger partial charge in [0.1, 0.15) is 6.10 Å². The number of carbonyl (C=O) groups excluding carboxylic acids is 2. The SMILES string of the molecule is CC(C)C1=C2C3CCC4C5(C)CCC(OC(=O)CC(C)(C)C(=O)O)C(C)(C)C5CCC4(C)C3(C)CCC2(c2nnc(-c3c(Cl)cccc3Cl)o2)CC1=O. The molecule has 288 valence electrons. The number of nitrogens with zero attached hydrogens (tertiary/aromatic N) is 2. The van der Waals surface area contributed by atoms with Gasteiger partial charge in [0.15, 0.2) is 5.78 Å². The van der Waals surface area contributed by atoms with Crippen molar-refractivity contribution in [3.8, 4) is 11.5 Å². The van der Waals surface area contributed by atoms with E-state index in [0.29, 0.717) is 39.8 Å². The zero-order valence-corrected chi connectivity index (χ0v) is 34.3. The average Bonchev–Trinajstić information content (AvgIpc) is 3.66. The number of hydrogen-bond acceptors (Lipinski definition) is 7. The fourth-order valence-corrected chi connectivity index (χ4v) is 13.5. The van der Waals surface area contributed by atoms with Gasteiger partial charge in [0.25, 0.3) is 5.89 Å². The van der Waals surface area contributed by atoms with Gasteiger partial charge in [-0.05, 0) is 128 Å². The molecular weight excluding hydrogens is 711 g/mol. The lowest BCUT2D eigenvalue weighted by atomic mass is 9.33. The highest BCUT2D eigenvalue weighted by atomic mass is 35.5. The molecule has 5 aliphatic carbocycles. The molecule has 0 radical (unpaired) electrons. The second-order valence-corrected chi connectivity index (χ2v) is 20.3. The van der Waals surface area contributed by atoms with Gasteiger partial charge >= 0.3 is 11.9 Å². The van der Waals surface area contributed by atoms with Crippen LogP contribution < -0.4 is 0 Å². The van der Waals surface area contributed by atoms with E-state index in [2.05, 4.69) is 58.7 Å². The maximum Gasteiger partial charge on any atom is 0.309 e. The quantitative estimate of drug-likeness (QED) is 0.277. The van der Waals surface area contributed by atoms with Gasteiger partial charge in [0.05, 0.1) is 32.9 Å². The molecule has 8 nitrogen and oxygen atoms in total. The van der Waals surface area contributed by atoms with E-state index >= 15 is 0 Å². The molecule has 4 fully saturated rings. The van der Waals surface area contributed by atoms with Crippen LogP contribution in [0.5, 0.6) is 0 Å². The number of rotatable bonds is 7. The summed E-state index contributed by atoms with van der Waals surface area (Å²) in [5.41, 5.74) is 0.617. The number of ketones is 1. The highest BCUT2D eigenvalue weighted by Crippen LogP contribution is 2.77. The number of carbonyl (C=O) groups is 3. The molecule has 7 rings (SSSR count). The van der Waals surface area contributed by atoms with Crippen molar-refractivity contribution in [1.29, 1.82) is 0 Å². The van der Waals surface area contributed by atoms with Crippen LogP contribution in [0.1, 0.15) is 132 Å². The summed E-state index contributed by atoms with van der Waals surface area (Å²) in [6.07, 6.45) is 7.50. The smallest absolute Gasteiger partial charge is 0.309 e. The van der Waals surface area contributed by atoms with E-state index in [-0.39, 0.29) is 57.7 Å². The standard InChI is InChI=1S/C43H56Cl2N2O6/c1-23(2)32-27(48)21-43(36-47-46-35(53-36)33-25(44)11-10-12-26(33)45)20-19-41(8)24(34(32)43)13-14-29-40(7)17-16-30(52-31(49)22-38(3,4)37(50)51)39(5,6)28(40)15-18-42(29,41)9/h10-12,23-24,28-30H,13-22H2,1-9H3,(H,50,51). The number of carboxylic acid groups (broad SMARTS) is 1. The van der Waals surface area contributed by atoms with Crippen LogP contribution in [0.4, 0.5) is 0 Å². The van der Waals surface area contributed by atoms with Crippen molar-refractivity contribution in [3.05, 3.63) is 45.3 Å². The molecule has 8 atom stereocenters. The van der Waals surface area contributed by atoms with E-state index in [4.69, 9.17) is 32.4 Å². The van der Waals surface area contributed by atoms with Crippen LogP contribution in [0.15, 0.2) is 33.8 Å². The maximum absolute atomic E-state index is 14.2. The van der Waals surface area contributed by atoms with Crippen molar-refractivity contribution in [2.24, 2.45) is 50.7 Å². The summed E-state index contributed by atoms with van der Waals surface area (Å²) in [6, 6.07) is 5.31. The number of ether oxygens (including phenoxy) is 1. The topological polar surface area (TPSA) is 120 Å². The van der Waals surface area contributed by atoms with E-state index in [9.17, 15) is 19.5 Å². The van der Waals surface area contributed by atoms with Gasteiger partial charge in [-0.2, -0.15) is 0 Å². The molecule has 10 heteroatoms. The van der Waals surface area contributed by atoms with E-state index in [1.165, 1.54) is 5.57 Å². The fourth-order valence-electron chi connectivity index (χ4n) is 12.9. The Balaban J connectivity index is 1.22. The summed E-state index contributed by atoms with van der Waals surface area (Å²) in [4.78, 5) is 39.0. The van der Waals surface area contributed by atoms with Gasteiger partial charge in [0.2, 0.25) is 5.89 Å². The molecule has 8 unspecified atom stereocenters. The predicted molar refractivity (Wildman–Crippen MR) is 204 cm³/mol. The van der Waals surface area contributed by atoms with Crippen molar-refractivity contribution in [3.63, 3.8) is 0 Å². The van der Waals surface area contributed by atoms with Crippen molar-refractivity contribution < 1.29 is 28.6 Å². The number of fused-ring (bicyclic) bond motifs is 7. The summed E-state index contributed by atoms with van der Waals surface area (Å²) < 4.78 is 12.7. The van der Waals surface area contributed by atoms with Gasteiger partial charge in [0, 0.05) is 11.8 Å². The van der Waals surface area contributed by atoms with Gasteiger partial charge in [-0.15, -0.1) is 10.2 Å². The highest BCUT2D eigenvalue weighted by Gasteiger charge is 2.71. The van der Waals surface area contributed by atoms with Crippen LogP contribution in [-0.4, -0.2) is 39.1 Å². The Bertz CT molecular complexity index is 1880. The summed E-state index contributed by atoms with van der Waals surface area (Å²) in [5, 5.41) is 19.6. The van der Waals surface area contributed by atoms with Crippen molar-refractivity contribution in [2.45, 2.75) is 138 Å². The molecule has 1 N–H and O–H groups in total. The van der Waals surface area contributed by atoms with Crippen molar-refractivity contribution >= 4 is 40.9 Å². The monoisotopic (exact) mass is 766 g/mol. The van der Waals surface area contributed by atoms with Gasteiger partial charge in [-0.25, -0.2) is 0 Å². The number of allylic oxidation sites excluding steroid dienone is 2. The summed E-state index contributed by atoms with van der Waals surface area (Å²) >= 11 is 13.1. The Hall–Kier alpha value is -2.71. The second kappa shape index (κ2) is 12.7. The summed E-state index contributed by atoms with van der Waals surface area (Å²) in [7, 11) is 0. The molecule has 0 aliphatic heterocycles. The average molecular weight is 768 g/mol. The molecule has 0 amide bonds. The van der Waals surface area contributed by atoms with Gasteiger partial charge in [-0.1, -0.05) is 77.7 Å². The van der Waals surface area contributed by atoms with Crippen LogP contribution in [0.25, 0.3) is 11.5 Å². The first kappa shape index (κ1) is 38.6. The van der Waals surface area contributed by atoms with Gasteiger partial charge in [-0.3, -0.25) is 14.4 Å². The lowest BCUT2D eigenvalue weighted by Gasteiger charge is -2.72. The molecule has 1 aromatic heterocycles. The summed E-state index contributed by atoms with van der Waals surface area (Å²) in [6.45, 7) is 19.5. The van der Waals surface area contributed by atoms with Crippen LogP contribution >= 0.6 is 23.2 Å². The normalized spacial score (nSPS) is 36.4. The minimum absolute atomic E-state index is 0.0181. The first-order chi connectivity index (χ1) is 24.6. The first-order valence-electron chi connectivity index (χ1n) is 19.6. The van der Waals surface area contributed by atoms with Crippen molar-refractivity contribution in [1.82, 2.24) is 10.2 Å². The number of carboxylic acids is 1. The third-order valence-corrected chi connectivity index (χ3v) is 16.4. The van der Waals surface area contributed by atoms with E-state index < -0.39 is 22.8 Å². The molecule has 0 bridgehead atoms. The molecule has 0 saturated heterocycles. The molecular formula is C43H56Cl2N2O6. The molecule has 5 aliphatic rings. The number of aromatic nitrogens is 2. The van der Waals surface area contributed by atoms with Crippen LogP contribution in [0.3, 0.4) is 0 Å². The van der Waals surface area contributed by atoms with Crippen LogP contribution in [0, 0.1) is 50.7 Å². The number of esters is 1. The minimum Gasteiger partial charge on any atom is -0.481 e. The Morgan fingerprint density at radius 3 is 2.26 bits per heavy atom.